The molecule has 0 aliphatic heterocycles. The van der Waals surface area contributed by atoms with Gasteiger partial charge in [0.15, 0.2) is 0 Å². The lowest BCUT2D eigenvalue weighted by molar-refractivity contribution is 0.101. The van der Waals surface area contributed by atoms with Crippen LogP contribution < -0.4 is 5.32 Å². The molecule has 0 atom stereocenters. The molecule has 2 aromatic rings. The van der Waals surface area contributed by atoms with Crippen LogP contribution in [0.2, 0.25) is 0 Å². The molecule has 0 spiro atoms. The summed E-state index contributed by atoms with van der Waals surface area (Å²) in [5, 5.41) is 2.76. The fourth-order valence-electron chi connectivity index (χ4n) is 1.65. The number of aryl methyl sites for hydroxylation is 1. The second kappa shape index (κ2) is 5.77. The summed E-state index contributed by atoms with van der Waals surface area (Å²) in [6.45, 7) is 2.88. The number of anilines is 1. The van der Waals surface area contributed by atoms with Gasteiger partial charge in [-0.15, -0.1) is 0 Å². The van der Waals surface area contributed by atoms with Gasteiger partial charge in [0.05, 0.1) is 18.1 Å². The SMILES string of the molecule is CCCn1cc(Br)cc1C(=O)Nc1cncnc1. The van der Waals surface area contributed by atoms with Crippen LogP contribution in [0, 0.1) is 0 Å². The Morgan fingerprint density at radius 1 is 1.44 bits per heavy atom. The summed E-state index contributed by atoms with van der Waals surface area (Å²) in [4.78, 5) is 19.8. The smallest absolute Gasteiger partial charge is 0.272 e. The average molecular weight is 309 g/mol. The average Bonchev–Trinajstić information content (AvgIpc) is 2.72. The minimum Gasteiger partial charge on any atom is -0.342 e. The van der Waals surface area contributed by atoms with Crippen molar-refractivity contribution < 1.29 is 4.79 Å². The quantitative estimate of drug-likeness (QED) is 0.944. The Bertz CT molecular complexity index is 538. The first-order chi connectivity index (χ1) is 8.70. The van der Waals surface area contributed by atoms with Crippen molar-refractivity contribution in [2.24, 2.45) is 0 Å². The van der Waals surface area contributed by atoms with Gasteiger partial charge in [0.2, 0.25) is 0 Å². The summed E-state index contributed by atoms with van der Waals surface area (Å²) in [5.74, 6) is -0.163. The van der Waals surface area contributed by atoms with E-state index >= 15 is 0 Å². The lowest BCUT2D eigenvalue weighted by Gasteiger charge is -2.07. The molecule has 0 bridgehead atoms. The van der Waals surface area contributed by atoms with E-state index in [0.717, 1.165) is 17.4 Å². The van der Waals surface area contributed by atoms with Gasteiger partial charge >= 0.3 is 0 Å². The van der Waals surface area contributed by atoms with Crippen LogP contribution >= 0.6 is 15.9 Å². The van der Waals surface area contributed by atoms with E-state index in [2.05, 4.69) is 38.1 Å². The van der Waals surface area contributed by atoms with Crippen molar-refractivity contribution in [1.29, 1.82) is 0 Å². The molecule has 0 saturated carbocycles. The maximum Gasteiger partial charge on any atom is 0.272 e. The molecule has 2 rings (SSSR count). The van der Waals surface area contributed by atoms with E-state index in [1.54, 1.807) is 18.5 Å². The molecule has 5 nitrogen and oxygen atoms in total. The predicted molar refractivity (Wildman–Crippen MR) is 72.4 cm³/mol. The van der Waals surface area contributed by atoms with E-state index in [9.17, 15) is 4.79 Å². The van der Waals surface area contributed by atoms with Gasteiger partial charge in [-0.3, -0.25) is 4.79 Å². The summed E-state index contributed by atoms with van der Waals surface area (Å²) in [5.41, 5.74) is 1.20. The van der Waals surface area contributed by atoms with Gasteiger partial charge in [0, 0.05) is 17.2 Å². The Morgan fingerprint density at radius 3 is 2.83 bits per heavy atom. The number of rotatable bonds is 4. The van der Waals surface area contributed by atoms with Crippen LogP contribution in [0.3, 0.4) is 0 Å². The second-order valence-corrected chi connectivity index (χ2v) is 4.73. The van der Waals surface area contributed by atoms with Crippen LogP contribution in [0.15, 0.2) is 35.5 Å². The number of amides is 1. The molecule has 94 valence electrons. The molecule has 1 amide bonds. The van der Waals surface area contributed by atoms with E-state index in [1.165, 1.54) is 6.33 Å². The zero-order chi connectivity index (χ0) is 13.0. The van der Waals surface area contributed by atoms with Gasteiger partial charge in [0.1, 0.15) is 12.0 Å². The van der Waals surface area contributed by atoms with Crippen LogP contribution in [0.1, 0.15) is 23.8 Å². The first-order valence-corrected chi connectivity index (χ1v) is 6.42. The molecule has 0 saturated heterocycles. The molecule has 18 heavy (non-hydrogen) atoms. The number of nitrogens with zero attached hydrogens (tertiary/aromatic N) is 3. The van der Waals surface area contributed by atoms with E-state index in [-0.39, 0.29) is 5.91 Å². The number of halogens is 1. The van der Waals surface area contributed by atoms with Crippen LogP contribution in [0.25, 0.3) is 0 Å². The van der Waals surface area contributed by atoms with Crippen molar-refractivity contribution in [1.82, 2.24) is 14.5 Å². The van der Waals surface area contributed by atoms with Crippen LogP contribution in [0.5, 0.6) is 0 Å². The zero-order valence-corrected chi connectivity index (χ0v) is 11.5. The minimum atomic E-state index is -0.163. The molecular weight excluding hydrogens is 296 g/mol. The fourth-order valence-corrected chi connectivity index (χ4v) is 2.11. The summed E-state index contributed by atoms with van der Waals surface area (Å²) >= 11 is 3.38. The monoisotopic (exact) mass is 308 g/mol. The predicted octanol–water partition coefficient (Wildman–Crippen LogP) is 2.70. The Hall–Kier alpha value is -1.69. The van der Waals surface area contributed by atoms with E-state index < -0.39 is 0 Å². The highest BCUT2D eigenvalue weighted by Gasteiger charge is 2.12. The van der Waals surface area contributed by atoms with Crippen molar-refractivity contribution in [3.8, 4) is 0 Å². The number of aromatic nitrogens is 3. The first kappa shape index (κ1) is 12.8. The molecule has 1 N–H and O–H groups in total. The summed E-state index contributed by atoms with van der Waals surface area (Å²) in [6.07, 6.45) is 7.42. The van der Waals surface area contributed by atoms with Crippen molar-refractivity contribution >= 4 is 27.5 Å². The number of nitrogens with one attached hydrogen (secondary N) is 1. The standard InChI is InChI=1S/C12H13BrN4O/c1-2-3-17-7-9(13)4-11(17)12(18)16-10-5-14-8-15-6-10/h4-8H,2-3H2,1H3,(H,16,18). The Morgan fingerprint density at radius 2 is 2.17 bits per heavy atom. The van der Waals surface area contributed by atoms with Crippen molar-refractivity contribution in [2.45, 2.75) is 19.9 Å². The molecule has 0 fully saturated rings. The number of carbonyl (C=O) groups is 1. The molecule has 0 aliphatic rings. The normalized spacial score (nSPS) is 10.3. The number of carbonyl (C=O) groups excluding carboxylic acids is 1. The number of hydrogen-bond donors (Lipinski definition) is 1. The third-order valence-corrected chi connectivity index (χ3v) is 2.81. The molecule has 0 unspecified atom stereocenters. The van der Waals surface area contributed by atoms with Crippen molar-refractivity contribution in [2.75, 3.05) is 5.32 Å². The van der Waals surface area contributed by atoms with E-state index in [4.69, 9.17) is 0 Å². The zero-order valence-electron chi connectivity index (χ0n) is 9.93. The maximum absolute atomic E-state index is 12.1. The lowest BCUT2D eigenvalue weighted by Crippen LogP contribution is -2.17. The third kappa shape index (κ3) is 2.95. The maximum atomic E-state index is 12.1. The van der Waals surface area contributed by atoms with Crippen molar-refractivity contribution in [3.63, 3.8) is 0 Å². The highest BCUT2D eigenvalue weighted by atomic mass is 79.9. The van der Waals surface area contributed by atoms with Gasteiger partial charge in [-0.25, -0.2) is 9.97 Å². The number of hydrogen-bond acceptors (Lipinski definition) is 3. The molecule has 0 aromatic carbocycles. The summed E-state index contributed by atoms with van der Waals surface area (Å²) < 4.78 is 2.81. The molecule has 2 aromatic heterocycles. The minimum absolute atomic E-state index is 0.163. The van der Waals surface area contributed by atoms with Gasteiger partial charge in [0.25, 0.3) is 5.91 Å². The molecular formula is C12H13BrN4O. The summed E-state index contributed by atoms with van der Waals surface area (Å²) in [6, 6.07) is 1.80. The van der Waals surface area contributed by atoms with Gasteiger partial charge in [-0.05, 0) is 28.4 Å². The van der Waals surface area contributed by atoms with Gasteiger partial charge in [-0.2, -0.15) is 0 Å². The third-order valence-electron chi connectivity index (χ3n) is 2.38. The Kier molecular flexibility index (Phi) is 4.09. The Labute approximate surface area is 113 Å². The highest BCUT2D eigenvalue weighted by molar-refractivity contribution is 9.10. The van der Waals surface area contributed by atoms with Crippen molar-refractivity contribution in [3.05, 3.63) is 41.2 Å². The van der Waals surface area contributed by atoms with Gasteiger partial charge in [-0.1, -0.05) is 6.92 Å². The lowest BCUT2D eigenvalue weighted by atomic mass is 10.3. The van der Waals surface area contributed by atoms with E-state index in [0.29, 0.717) is 11.4 Å². The highest BCUT2D eigenvalue weighted by Crippen LogP contribution is 2.16. The summed E-state index contributed by atoms with van der Waals surface area (Å²) in [7, 11) is 0. The van der Waals surface area contributed by atoms with Crippen LogP contribution in [0.4, 0.5) is 5.69 Å². The topological polar surface area (TPSA) is 59.8 Å². The first-order valence-electron chi connectivity index (χ1n) is 5.62. The molecule has 6 heteroatoms. The van der Waals surface area contributed by atoms with Crippen LogP contribution in [-0.2, 0) is 6.54 Å². The van der Waals surface area contributed by atoms with E-state index in [1.807, 2.05) is 10.8 Å². The fraction of sp³-hybridized carbons (Fsp3) is 0.250. The van der Waals surface area contributed by atoms with Gasteiger partial charge < -0.3 is 9.88 Å². The molecule has 0 aliphatic carbocycles. The Balaban J connectivity index is 2.18. The second-order valence-electron chi connectivity index (χ2n) is 3.82. The molecule has 2 heterocycles. The molecule has 0 radical (unpaired) electrons. The largest absolute Gasteiger partial charge is 0.342 e. The van der Waals surface area contributed by atoms with Crippen LogP contribution in [-0.4, -0.2) is 20.4 Å².